The highest BCUT2D eigenvalue weighted by atomic mass is 16.5. The van der Waals surface area contributed by atoms with Crippen molar-refractivity contribution < 1.29 is 14.3 Å². The first-order valence-corrected chi connectivity index (χ1v) is 10.6. The van der Waals surface area contributed by atoms with E-state index in [1.807, 2.05) is 0 Å². The number of rotatable bonds is 7. The third-order valence-electron chi connectivity index (χ3n) is 7.84. The molecule has 0 N–H and O–H groups in total. The fourth-order valence-corrected chi connectivity index (χ4v) is 5.00. The summed E-state index contributed by atoms with van der Waals surface area (Å²) in [5.41, 5.74) is 1.06. The van der Waals surface area contributed by atoms with Gasteiger partial charge in [0.25, 0.3) is 0 Å². The highest BCUT2D eigenvalue weighted by molar-refractivity contribution is 5.71. The molecular formula is C23H38O3. The molecule has 3 nitrogen and oxygen atoms in total. The summed E-state index contributed by atoms with van der Waals surface area (Å²) in [7, 11) is 0. The lowest BCUT2D eigenvalue weighted by Gasteiger charge is -2.40. The molecule has 148 valence electrons. The van der Waals surface area contributed by atoms with Gasteiger partial charge in [-0.2, -0.15) is 0 Å². The number of fused-ring (bicyclic) bond motifs is 1. The number of hydrogen-bond donors (Lipinski definition) is 0. The first-order chi connectivity index (χ1) is 12.2. The molecule has 3 heteroatoms. The van der Waals surface area contributed by atoms with Crippen LogP contribution in [-0.4, -0.2) is 19.2 Å². The Morgan fingerprint density at radius 1 is 1.04 bits per heavy atom. The van der Waals surface area contributed by atoms with Gasteiger partial charge in [0.15, 0.2) is 0 Å². The highest BCUT2D eigenvalue weighted by Gasteiger charge is 2.52. The van der Waals surface area contributed by atoms with Gasteiger partial charge >= 0.3 is 5.97 Å². The Hall–Kier alpha value is -0.990. The molecule has 0 aliphatic heterocycles. The lowest BCUT2D eigenvalue weighted by molar-refractivity contribution is -0.145. The van der Waals surface area contributed by atoms with Crippen LogP contribution in [0.4, 0.5) is 0 Å². The molecule has 0 radical (unpaired) electrons. The minimum absolute atomic E-state index is 0.183. The molecule has 5 atom stereocenters. The molecule has 3 saturated carbocycles. The first kappa shape index (κ1) is 19.8. The van der Waals surface area contributed by atoms with E-state index in [-0.39, 0.29) is 12.4 Å². The average molecular weight is 363 g/mol. The smallest absolute Gasteiger partial charge is 0.313 e. The summed E-state index contributed by atoms with van der Waals surface area (Å²) in [4.78, 5) is 12.1. The average Bonchev–Trinajstić information content (AvgIpc) is 3.25. The molecule has 0 heterocycles. The molecule has 0 bridgehead atoms. The van der Waals surface area contributed by atoms with E-state index in [0.29, 0.717) is 47.6 Å². The van der Waals surface area contributed by atoms with Crippen molar-refractivity contribution in [2.75, 3.05) is 13.2 Å². The van der Waals surface area contributed by atoms with Crippen LogP contribution in [0, 0.1) is 34.5 Å². The molecule has 3 fully saturated rings. The van der Waals surface area contributed by atoms with E-state index in [0.717, 1.165) is 5.92 Å². The molecule has 3 rings (SSSR count). The molecule has 0 saturated heterocycles. The van der Waals surface area contributed by atoms with Gasteiger partial charge < -0.3 is 9.47 Å². The largest absolute Gasteiger partial charge is 0.498 e. The number of esters is 1. The highest BCUT2D eigenvalue weighted by Crippen LogP contribution is 2.62. The van der Waals surface area contributed by atoms with Crippen LogP contribution in [0.5, 0.6) is 0 Å². The van der Waals surface area contributed by atoms with Crippen LogP contribution < -0.4 is 0 Å². The molecule has 3 aliphatic rings. The minimum Gasteiger partial charge on any atom is -0.498 e. The van der Waals surface area contributed by atoms with Crippen molar-refractivity contribution in [3.8, 4) is 0 Å². The van der Waals surface area contributed by atoms with Gasteiger partial charge in [-0.05, 0) is 79.4 Å². The maximum absolute atomic E-state index is 12.1. The standard InChI is InChI=1S/C23H38O3/c1-16-10-18(6-8-22(16,3)4)14-25-17(2)11-21(24)26-15-19-7-9-23(5)13-20(23)12-19/h16,18-20H,2,6-15H2,1,3-5H3. The van der Waals surface area contributed by atoms with E-state index >= 15 is 0 Å². The lowest BCUT2D eigenvalue weighted by atomic mass is 9.66. The van der Waals surface area contributed by atoms with Gasteiger partial charge in [0.2, 0.25) is 0 Å². The maximum Gasteiger partial charge on any atom is 0.313 e. The molecule has 0 aromatic heterocycles. The minimum atomic E-state index is -0.183. The predicted molar refractivity (Wildman–Crippen MR) is 105 cm³/mol. The lowest BCUT2D eigenvalue weighted by Crippen LogP contribution is -2.31. The van der Waals surface area contributed by atoms with Crippen LogP contribution in [0.2, 0.25) is 0 Å². The van der Waals surface area contributed by atoms with E-state index in [2.05, 4.69) is 34.3 Å². The third-order valence-corrected chi connectivity index (χ3v) is 7.84. The van der Waals surface area contributed by atoms with Gasteiger partial charge in [0.05, 0.1) is 19.0 Å². The number of carbonyl (C=O) groups excluding carboxylic acids is 1. The van der Waals surface area contributed by atoms with Crippen molar-refractivity contribution in [3.63, 3.8) is 0 Å². The van der Waals surface area contributed by atoms with Gasteiger partial charge in [-0.1, -0.05) is 34.3 Å². The molecule has 0 aromatic carbocycles. The Morgan fingerprint density at radius 2 is 1.69 bits per heavy atom. The fraction of sp³-hybridized carbons (Fsp3) is 0.870. The summed E-state index contributed by atoms with van der Waals surface area (Å²) >= 11 is 0. The second-order valence-corrected chi connectivity index (χ2v) is 10.4. The molecule has 26 heavy (non-hydrogen) atoms. The monoisotopic (exact) mass is 362 g/mol. The van der Waals surface area contributed by atoms with Gasteiger partial charge in [0, 0.05) is 0 Å². The zero-order chi connectivity index (χ0) is 18.9. The van der Waals surface area contributed by atoms with Crippen molar-refractivity contribution in [1.82, 2.24) is 0 Å². The van der Waals surface area contributed by atoms with Gasteiger partial charge in [-0.25, -0.2) is 0 Å². The Kier molecular flexibility index (Phi) is 5.75. The van der Waals surface area contributed by atoms with Crippen molar-refractivity contribution in [3.05, 3.63) is 12.3 Å². The number of carbonyl (C=O) groups is 1. The SMILES string of the molecule is C=C(CC(=O)OCC1CCC2(C)CC2C1)OCC1CCC(C)(C)C(C)C1. The summed E-state index contributed by atoms with van der Waals surface area (Å²) in [5, 5.41) is 0. The second kappa shape index (κ2) is 7.56. The van der Waals surface area contributed by atoms with E-state index in [1.165, 1.54) is 44.9 Å². The Bertz CT molecular complexity index is 538. The Balaban J connectivity index is 1.29. The van der Waals surface area contributed by atoms with Crippen molar-refractivity contribution in [2.45, 2.75) is 79.1 Å². The van der Waals surface area contributed by atoms with E-state index in [4.69, 9.17) is 9.47 Å². The molecule has 0 spiro atoms. The van der Waals surface area contributed by atoms with Crippen molar-refractivity contribution in [1.29, 1.82) is 0 Å². The molecular weight excluding hydrogens is 324 g/mol. The van der Waals surface area contributed by atoms with Crippen LogP contribution in [0.15, 0.2) is 12.3 Å². The second-order valence-electron chi connectivity index (χ2n) is 10.4. The summed E-state index contributed by atoms with van der Waals surface area (Å²) < 4.78 is 11.3. The number of ether oxygens (including phenoxy) is 2. The summed E-state index contributed by atoms with van der Waals surface area (Å²) in [5.74, 6) is 3.11. The zero-order valence-corrected chi connectivity index (χ0v) is 17.3. The quantitative estimate of drug-likeness (QED) is 0.428. The molecule has 5 unspecified atom stereocenters. The molecule has 0 aromatic rings. The summed E-state index contributed by atoms with van der Waals surface area (Å²) in [6, 6.07) is 0. The van der Waals surface area contributed by atoms with Gasteiger partial charge in [-0.15, -0.1) is 0 Å². The fourth-order valence-electron chi connectivity index (χ4n) is 5.00. The molecule has 0 amide bonds. The van der Waals surface area contributed by atoms with E-state index in [1.54, 1.807) is 0 Å². The normalized spacial score (nSPS) is 38.2. The first-order valence-electron chi connectivity index (χ1n) is 10.6. The van der Waals surface area contributed by atoms with Crippen LogP contribution in [-0.2, 0) is 14.3 Å². The zero-order valence-electron chi connectivity index (χ0n) is 17.3. The Morgan fingerprint density at radius 3 is 2.38 bits per heavy atom. The van der Waals surface area contributed by atoms with Gasteiger partial charge in [-0.3, -0.25) is 4.79 Å². The molecule has 3 aliphatic carbocycles. The maximum atomic E-state index is 12.1. The topological polar surface area (TPSA) is 35.5 Å². The van der Waals surface area contributed by atoms with Crippen LogP contribution in [0.3, 0.4) is 0 Å². The van der Waals surface area contributed by atoms with Crippen LogP contribution in [0.25, 0.3) is 0 Å². The Labute approximate surface area is 159 Å². The van der Waals surface area contributed by atoms with Crippen LogP contribution in [0.1, 0.15) is 79.1 Å². The van der Waals surface area contributed by atoms with Gasteiger partial charge in [0.1, 0.15) is 6.42 Å². The van der Waals surface area contributed by atoms with Crippen LogP contribution >= 0.6 is 0 Å². The predicted octanol–water partition coefficient (Wildman–Crippen LogP) is 5.74. The number of hydrogen-bond acceptors (Lipinski definition) is 3. The van der Waals surface area contributed by atoms with Crippen molar-refractivity contribution in [2.24, 2.45) is 34.5 Å². The van der Waals surface area contributed by atoms with Crippen molar-refractivity contribution >= 4 is 5.97 Å². The summed E-state index contributed by atoms with van der Waals surface area (Å²) in [6.45, 7) is 14.7. The summed E-state index contributed by atoms with van der Waals surface area (Å²) in [6.07, 6.45) is 8.96. The van der Waals surface area contributed by atoms with E-state index < -0.39 is 0 Å². The van der Waals surface area contributed by atoms with E-state index in [9.17, 15) is 4.79 Å². The third kappa shape index (κ3) is 4.84.